The standard InChI is InChI=1S/C14H22N2O/c1-9-6-7-13(11(3)10(9)2)8-16(5)14(17)12(4)15/h6-7,12H,8,15H2,1-5H3. The lowest BCUT2D eigenvalue weighted by molar-refractivity contribution is -0.131. The molecule has 1 aromatic rings. The molecule has 1 aromatic carbocycles. The van der Waals surface area contributed by atoms with Gasteiger partial charge in [-0.05, 0) is 49.9 Å². The first-order chi connectivity index (χ1) is 7.84. The summed E-state index contributed by atoms with van der Waals surface area (Å²) in [6.45, 7) is 8.64. The van der Waals surface area contributed by atoms with Gasteiger partial charge in [-0.3, -0.25) is 4.79 Å². The third-order valence-electron chi connectivity index (χ3n) is 3.34. The van der Waals surface area contributed by atoms with Crippen molar-refractivity contribution >= 4 is 5.91 Å². The minimum Gasteiger partial charge on any atom is -0.340 e. The highest BCUT2D eigenvalue weighted by atomic mass is 16.2. The lowest BCUT2D eigenvalue weighted by Gasteiger charge is -2.21. The summed E-state index contributed by atoms with van der Waals surface area (Å²) in [6.07, 6.45) is 0. The number of carbonyl (C=O) groups excluding carboxylic acids is 1. The zero-order valence-corrected chi connectivity index (χ0v) is 11.4. The monoisotopic (exact) mass is 234 g/mol. The first-order valence-electron chi connectivity index (χ1n) is 5.90. The van der Waals surface area contributed by atoms with Crippen molar-refractivity contribution in [1.82, 2.24) is 4.90 Å². The number of amides is 1. The van der Waals surface area contributed by atoms with E-state index in [2.05, 4.69) is 32.9 Å². The number of nitrogens with two attached hydrogens (primary N) is 1. The fraction of sp³-hybridized carbons (Fsp3) is 0.500. The Morgan fingerprint density at radius 2 is 1.88 bits per heavy atom. The minimum absolute atomic E-state index is 0.0253. The van der Waals surface area contributed by atoms with E-state index in [1.165, 1.54) is 22.3 Å². The SMILES string of the molecule is Cc1ccc(CN(C)C(=O)C(C)N)c(C)c1C. The van der Waals surface area contributed by atoms with Crippen molar-refractivity contribution in [2.75, 3.05) is 7.05 Å². The first kappa shape index (κ1) is 13.7. The van der Waals surface area contributed by atoms with Crippen molar-refractivity contribution in [3.05, 3.63) is 34.4 Å². The molecule has 1 unspecified atom stereocenters. The van der Waals surface area contributed by atoms with Gasteiger partial charge < -0.3 is 10.6 Å². The predicted octanol–water partition coefficient (Wildman–Crippen LogP) is 1.92. The second-order valence-electron chi connectivity index (χ2n) is 4.77. The lowest BCUT2D eigenvalue weighted by Crippen LogP contribution is -2.39. The Morgan fingerprint density at radius 3 is 2.41 bits per heavy atom. The molecule has 0 radical (unpaired) electrons. The van der Waals surface area contributed by atoms with Gasteiger partial charge in [0.15, 0.2) is 0 Å². The molecule has 1 atom stereocenters. The van der Waals surface area contributed by atoms with Crippen LogP contribution in [-0.2, 0) is 11.3 Å². The number of likely N-dealkylation sites (N-methyl/N-ethyl adjacent to an activating group) is 1. The molecule has 3 nitrogen and oxygen atoms in total. The van der Waals surface area contributed by atoms with Gasteiger partial charge in [0.05, 0.1) is 6.04 Å². The molecule has 0 bridgehead atoms. The van der Waals surface area contributed by atoms with Crippen LogP contribution in [0.4, 0.5) is 0 Å². The predicted molar refractivity (Wildman–Crippen MR) is 70.8 cm³/mol. The third-order valence-corrected chi connectivity index (χ3v) is 3.34. The maximum atomic E-state index is 11.7. The molecule has 1 rings (SSSR count). The number of rotatable bonds is 3. The van der Waals surface area contributed by atoms with Gasteiger partial charge in [0.25, 0.3) is 0 Å². The Kier molecular flexibility index (Phi) is 4.29. The van der Waals surface area contributed by atoms with Crippen LogP contribution in [0.15, 0.2) is 12.1 Å². The molecule has 0 fully saturated rings. The second kappa shape index (κ2) is 5.32. The third kappa shape index (κ3) is 3.07. The molecule has 0 heterocycles. The highest BCUT2D eigenvalue weighted by Crippen LogP contribution is 2.18. The van der Waals surface area contributed by atoms with Crippen molar-refractivity contribution in [2.45, 2.75) is 40.3 Å². The molecule has 3 heteroatoms. The van der Waals surface area contributed by atoms with Crippen LogP contribution in [0.2, 0.25) is 0 Å². The van der Waals surface area contributed by atoms with Crippen LogP contribution in [0.3, 0.4) is 0 Å². The van der Waals surface area contributed by atoms with E-state index in [-0.39, 0.29) is 5.91 Å². The Labute approximate surface area is 104 Å². The van der Waals surface area contributed by atoms with Gasteiger partial charge in [-0.1, -0.05) is 12.1 Å². The molecule has 0 spiro atoms. The van der Waals surface area contributed by atoms with Gasteiger partial charge in [-0.25, -0.2) is 0 Å². The summed E-state index contributed by atoms with van der Waals surface area (Å²) in [5, 5.41) is 0. The van der Waals surface area contributed by atoms with Crippen LogP contribution in [0.1, 0.15) is 29.2 Å². The summed E-state index contributed by atoms with van der Waals surface area (Å²) in [5.74, 6) is -0.0253. The second-order valence-corrected chi connectivity index (χ2v) is 4.77. The number of hydrogen-bond donors (Lipinski definition) is 1. The quantitative estimate of drug-likeness (QED) is 0.868. The van der Waals surface area contributed by atoms with E-state index >= 15 is 0 Å². The van der Waals surface area contributed by atoms with Crippen LogP contribution < -0.4 is 5.73 Å². The van der Waals surface area contributed by atoms with Crippen molar-refractivity contribution in [3.63, 3.8) is 0 Å². The maximum absolute atomic E-state index is 11.7. The molecule has 0 saturated carbocycles. The number of benzene rings is 1. The highest BCUT2D eigenvalue weighted by Gasteiger charge is 2.14. The fourth-order valence-electron chi connectivity index (χ4n) is 1.86. The van der Waals surface area contributed by atoms with Crippen molar-refractivity contribution in [2.24, 2.45) is 5.73 Å². The van der Waals surface area contributed by atoms with Gasteiger partial charge >= 0.3 is 0 Å². The van der Waals surface area contributed by atoms with Crippen molar-refractivity contribution < 1.29 is 4.79 Å². The largest absolute Gasteiger partial charge is 0.340 e. The summed E-state index contributed by atoms with van der Waals surface area (Å²) in [4.78, 5) is 13.4. The molecule has 0 aliphatic carbocycles. The van der Waals surface area contributed by atoms with Gasteiger partial charge in [0.1, 0.15) is 0 Å². The molecular formula is C14H22N2O. The number of aryl methyl sites for hydroxylation is 1. The topological polar surface area (TPSA) is 46.3 Å². The molecular weight excluding hydrogens is 212 g/mol. The molecule has 17 heavy (non-hydrogen) atoms. The smallest absolute Gasteiger partial charge is 0.239 e. The summed E-state index contributed by atoms with van der Waals surface area (Å²) in [6, 6.07) is 3.75. The van der Waals surface area contributed by atoms with Crippen molar-refractivity contribution in [3.8, 4) is 0 Å². The Balaban J connectivity index is 2.90. The van der Waals surface area contributed by atoms with E-state index in [9.17, 15) is 4.79 Å². The number of carbonyl (C=O) groups is 1. The van der Waals surface area contributed by atoms with E-state index in [1.54, 1.807) is 18.9 Å². The van der Waals surface area contributed by atoms with Crippen LogP contribution in [-0.4, -0.2) is 23.9 Å². The number of nitrogens with zero attached hydrogens (tertiary/aromatic N) is 1. The molecule has 94 valence electrons. The van der Waals surface area contributed by atoms with Gasteiger partial charge in [0.2, 0.25) is 5.91 Å². The van der Waals surface area contributed by atoms with Crippen LogP contribution in [0.5, 0.6) is 0 Å². The van der Waals surface area contributed by atoms with Gasteiger partial charge in [-0.2, -0.15) is 0 Å². The van der Waals surface area contributed by atoms with Crippen LogP contribution >= 0.6 is 0 Å². The van der Waals surface area contributed by atoms with Crippen molar-refractivity contribution in [1.29, 1.82) is 0 Å². The van der Waals surface area contributed by atoms with E-state index in [0.29, 0.717) is 6.54 Å². The van der Waals surface area contributed by atoms with Crippen LogP contribution in [0.25, 0.3) is 0 Å². The summed E-state index contributed by atoms with van der Waals surface area (Å²) in [5.41, 5.74) is 10.6. The average Bonchev–Trinajstić information content (AvgIpc) is 2.28. The first-order valence-corrected chi connectivity index (χ1v) is 5.90. The number of hydrogen-bond acceptors (Lipinski definition) is 2. The zero-order chi connectivity index (χ0) is 13.2. The van der Waals surface area contributed by atoms with Gasteiger partial charge in [-0.15, -0.1) is 0 Å². The molecule has 0 saturated heterocycles. The normalized spacial score (nSPS) is 12.4. The highest BCUT2D eigenvalue weighted by molar-refractivity contribution is 5.80. The molecule has 0 aliphatic rings. The molecule has 0 aromatic heterocycles. The molecule has 1 amide bonds. The Morgan fingerprint density at radius 1 is 1.29 bits per heavy atom. The van der Waals surface area contributed by atoms with E-state index in [1.807, 2.05) is 0 Å². The zero-order valence-electron chi connectivity index (χ0n) is 11.4. The van der Waals surface area contributed by atoms with E-state index in [4.69, 9.17) is 5.73 Å². The summed E-state index contributed by atoms with van der Waals surface area (Å²) >= 11 is 0. The maximum Gasteiger partial charge on any atom is 0.239 e. The fourth-order valence-corrected chi connectivity index (χ4v) is 1.86. The molecule has 2 N–H and O–H groups in total. The van der Waals surface area contributed by atoms with Gasteiger partial charge in [0, 0.05) is 13.6 Å². The Bertz CT molecular complexity index is 424. The Hall–Kier alpha value is -1.35. The van der Waals surface area contributed by atoms with E-state index in [0.717, 1.165) is 0 Å². The minimum atomic E-state index is -0.438. The molecule has 0 aliphatic heterocycles. The lowest BCUT2D eigenvalue weighted by atomic mass is 9.98. The summed E-state index contributed by atoms with van der Waals surface area (Å²) < 4.78 is 0. The van der Waals surface area contributed by atoms with E-state index < -0.39 is 6.04 Å². The van der Waals surface area contributed by atoms with Crippen LogP contribution in [0, 0.1) is 20.8 Å². The summed E-state index contributed by atoms with van der Waals surface area (Å²) in [7, 11) is 1.79. The average molecular weight is 234 g/mol.